The van der Waals surface area contributed by atoms with E-state index >= 15 is 0 Å². The predicted molar refractivity (Wildman–Crippen MR) is 95.1 cm³/mol. The van der Waals surface area contributed by atoms with Crippen LogP contribution in [0.1, 0.15) is 23.0 Å². The quantitative estimate of drug-likeness (QED) is 0.505. The summed E-state index contributed by atoms with van der Waals surface area (Å²) in [5, 5.41) is 11.3. The van der Waals surface area contributed by atoms with Crippen molar-refractivity contribution < 1.29 is 19.2 Å². The van der Waals surface area contributed by atoms with Crippen molar-refractivity contribution in [2.45, 2.75) is 13.5 Å². The van der Waals surface area contributed by atoms with Crippen LogP contribution in [0.3, 0.4) is 0 Å². The highest BCUT2D eigenvalue weighted by Crippen LogP contribution is 2.28. The summed E-state index contributed by atoms with van der Waals surface area (Å²) in [6.07, 6.45) is 1.65. The van der Waals surface area contributed by atoms with Crippen LogP contribution in [0.4, 0.5) is 5.69 Å². The zero-order valence-corrected chi connectivity index (χ0v) is 14.8. The second kappa shape index (κ2) is 9.47. The summed E-state index contributed by atoms with van der Waals surface area (Å²) in [5.74, 6) is -0.193. The predicted octanol–water partition coefficient (Wildman–Crippen LogP) is 2.68. The molecule has 2 aromatic rings. The molecule has 1 aromatic heterocycles. The van der Waals surface area contributed by atoms with Gasteiger partial charge in [0.05, 0.1) is 30.4 Å². The van der Waals surface area contributed by atoms with Gasteiger partial charge >= 0.3 is 5.69 Å². The summed E-state index contributed by atoms with van der Waals surface area (Å²) in [5.41, 5.74) is 0.701. The molecule has 8 nitrogen and oxygen atoms in total. The van der Waals surface area contributed by atoms with Crippen molar-refractivity contribution in [3.63, 3.8) is 0 Å². The van der Waals surface area contributed by atoms with Crippen molar-refractivity contribution in [3.05, 3.63) is 64.0 Å². The molecule has 1 amide bonds. The summed E-state index contributed by atoms with van der Waals surface area (Å²) in [4.78, 5) is 29.4. The smallest absolute Gasteiger partial charge is 0.311 e. The minimum absolute atomic E-state index is 0.141. The molecule has 2 rings (SSSR count). The average molecular weight is 359 g/mol. The van der Waals surface area contributed by atoms with E-state index in [4.69, 9.17) is 9.47 Å². The molecule has 0 fully saturated rings. The van der Waals surface area contributed by atoms with E-state index in [9.17, 15) is 14.9 Å². The van der Waals surface area contributed by atoms with Crippen LogP contribution >= 0.6 is 0 Å². The monoisotopic (exact) mass is 359 g/mol. The number of amides is 1. The molecule has 8 heteroatoms. The van der Waals surface area contributed by atoms with E-state index in [0.29, 0.717) is 19.8 Å². The van der Waals surface area contributed by atoms with Crippen molar-refractivity contribution in [3.8, 4) is 5.75 Å². The van der Waals surface area contributed by atoms with Crippen molar-refractivity contribution in [2.75, 3.05) is 26.9 Å². The number of nitro groups is 1. The molecule has 0 bridgehead atoms. The maximum Gasteiger partial charge on any atom is 0.311 e. The average Bonchev–Trinajstić information content (AvgIpc) is 2.65. The number of rotatable bonds is 9. The maximum atomic E-state index is 12.9. The number of hydrogen-bond donors (Lipinski definition) is 0. The lowest BCUT2D eigenvalue weighted by Gasteiger charge is -2.22. The van der Waals surface area contributed by atoms with E-state index in [-0.39, 0.29) is 29.5 Å². The van der Waals surface area contributed by atoms with Gasteiger partial charge in [-0.3, -0.25) is 19.9 Å². The molecule has 0 aliphatic rings. The normalized spacial score (nSPS) is 10.4. The first-order valence-electron chi connectivity index (χ1n) is 8.16. The Kier molecular flexibility index (Phi) is 7.04. The number of carbonyl (C=O) groups excluding carboxylic acids is 1. The molecule has 138 valence electrons. The van der Waals surface area contributed by atoms with E-state index in [1.807, 2.05) is 12.1 Å². The highest BCUT2D eigenvalue weighted by Gasteiger charge is 2.22. The summed E-state index contributed by atoms with van der Waals surface area (Å²) >= 11 is 0. The first-order chi connectivity index (χ1) is 12.6. The van der Waals surface area contributed by atoms with Crippen LogP contribution < -0.4 is 4.74 Å². The van der Waals surface area contributed by atoms with Gasteiger partial charge in [0.15, 0.2) is 5.75 Å². The van der Waals surface area contributed by atoms with Gasteiger partial charge in [-0.25, -0.2) is 0 Å². The minimum atomic E-state index is -0.556. The van der Waals surface area contributed by atoms with E-state index in [2.05, 4.69) is 4.98 Å². The molecular formula is C18H21N3O5. The molecule has 0 radical (unpaired) electrons. The lowest BCUT2D eigenvalue weighted by atomic mass is 10.1. The maximum absolute atomic E-state index is 12.9. The van der Waals surface area contributed by atoms with Gasteiger partial charge in [-0.05, 0) is 31.2 Å². The van der Waals surface area contributed by atoms with Gasteiger partial charge in [0, 0.05) is 31.5 Å². The molecule has 1 heterocycles. The van der Waals surface area contributed by atoms with Crippen molar-refractivity contribution in [1.29, 1.82) is 0 Å². The van der Waals surface area contributed by atoms with Gasteiger partial charge in [0.25, 0.3) is 5.91 Å². The van der Waals surface area contributed by atoms with Crippen molar-refractivity contribution in [1.82, 2.24) is 9.88 Å². The summed E-state index contributed by atoms with van der Waals surface area (Å²) in [6.45, 7) is 3.00. The van der Waals surface area contributed by atoms with Crippen LogP contribution in [0, 0.1) is 10.1 Å². The highest BCUT2D eigenvalue weighted by molar-refractivity contribution is 5.95. The Morgan fingerprint density at radius 3 is 2.73 bits per heavy atom. The van der Waals surface area contributed by atoms with Gasteiger partial charge < -0.3 is 14.4 Å². The third-order valence-electron chi connectivity index (χ3n) is 3.63. The Labute approximate surface area is 151 Å². The molecule has 0 saturated heterocycles. The van der Waals surface area contributed by atoms with Crippen LogP contribution in [-0.4, -0.2) is 47.6 Å². The van der Waals surface area contributed by atoms with Gasteiger partial charge in [0.1, 0.15) is 0 Å². The number of nitrogens with zero attached hydrogens (tertiary/aromatic N) is 3. The fourth-order valence-electron chi connectivity index (χ4n) is 2.39. The molecule has 0 unspecified atom stereocenters. The topological polar surface area (TPSA) is 94.8 Å². The summed E-state index contributed by atoms with van der Waals surface area (Å²) < 4.78 is 10.3. The van der Waals surface area contributed by atoms with Gasteiger partial charge in [-0.15, -0.1) is 0 Å². The van der Waals surface area contributed by atoms with Crippen LogP contribution in [0.2, 0.25) is 0 Å². The number of benzene rings is 1. The van der Waals surface area contributed by atoms with Crippen molar-refractivity contribution >= 4 is 11.6 Å². The number of methoxy groups -OCH3 is 1. The summed E-state index contributed by atoms with van der Waals surface area (Å²) in [7, 11) is 1.55. The number of hydrogen-bond acceptors (Lipinski definition) is 6. The van der Waals surface area contributed by atoms with Gasteiger partial charge in [-0.1, -0.05) is 6.07 Å². The molecule has 0 N–H and O–H groups in total. The Morgan fingerprint density at radius 2 is 2.12 bits per heavy atom. The van der Waals surface area contributed by atoms with Gasteiger partial charge in [-0.2, -0.15) is 0 Å². The first-order valence-corrected chi connectivity index (χ1v) is 8.16. The number of pyridine rings is 1. The van der Waals surface area contributed by atoms with Crippen molar-refractivity contribution in [2.24, 2.45) is 0 Å². The fourth-order valence-corrected chi connectivity index (χ4v) is 2.39. The largest absolute Gasteiger partial charge is 0.487 e. The molecule has 0 saturated carbocycles. The zero-order valence-electron chi connectivity index (χ0n) is 14.8. The molecule has 0 spiro atoms. The Bertz CT molecular complexity index is 752. The second-order valence-corrected chi connectivity index (χ2v) is 5.41. The lowest BCUT2D eigenvalue weighted by Crippen LogP contribution is -2.33. The van der Waals surface area contributed by atoms with E-state index in [0.717, 1.165) is 5.69 Å². The highest BCUT2D eigenvalue weighted by atomic mass is 16.6. The van der Waals surface area contributed by atoms with Crippen LogP contribution in [-0.2, 0) is 11.3 Å². The SMILES string of the molecule is CCOc1ccc(C(=O)N(CCOC)Cc2ccccn2)cc1[N+](=O)[O-]. The fraction of sp³-hybridized carbons (Fsp3) is 0.333. The number of nitro benzene ring substituents is 1. The van der Waals surface area contributed by atoms with Gasteiger partial charge in [0.2, 0.25) is 0 Å². The molecule has 0 atom stereocenters. The number of aromatic nitrogens is 1. The Morgan fingerprint density at radius 1 is 1.31 bits per heavy atom. The van der Waals surface area contributed by atoms with Crippen LogP contribution in [0.5, 0.6) is 5.75 Å². The molecule has 26 heavy (non-hydrogen) atoms. The van der Waals surface area contributed by atoms with E-state index < -0.39 is 4.92 Å². The second-order valence-electron chi connectivity index (χ2n) is 5.41. The van der Waals surface area contributed by atoms with E-state index in [1.165, 1.54) is 18.2 Å². The molecule has 0 aliphatic heterocycles. The van der Waals surface area contributed by atoms with Crippen LogP contribution in [0.15, 0.2) is 42.6 Å². The standard InChI is InChI=1S/C18H21N3O5/c1-3-26-17-8-7-14(12-16(17)21(23)24)18(22)20(10-11-25-2)13-15-6-4-5-9-19-15/h4-9,12H,3,10-11,13H2,1-2H3. The molecular weight excluding hydrogens is 338 g/mol. The number of ether oxygens (including phenoxy) is 2. The lowest BCUT2D eigenvalue weighted by molar-refractivity contribution is -0.385. The van der Waals surface area contributed by atoms with E-state index in [1.54, 1.807) is 31.2 Å². The molecule has 0 aliphatic carbocycles. The molecule has 1 aromatic carbocycles. The third-order valence-corrected chi connectivity index (χ3v) is 3.63. The zero-order chi connectivity index (χ0) is 18.9. The number of carbonyl (C=O) groups is 1. The minimum Gasteiger partial charge on any atom is -0.487 e. The van der Waals surface area contributed by atoms with Crippen LogP contribution in [0.25, 0.3) is 0 Å². The Hall–Kier alpha value is -3.00. The first kappa shape index (κ1) is 19.3. The Balaban J connectivity index is 2.29. The third kappa shape index (κ3) is 5.00. The summed E-state index contributed by atoms with van der Waals surface area (Å²) in [6, 6.07) is 9.66.